The standard InChI is InChI=1S/C21H32N4O3/c1-15(2)14-25-20(27)24(10-11-28-5)19(26)21(25)6-8-23(9-7-21)18-12-16(3)22-17(4)13-18/h12-13,15H,6-11,14H2,1-5H3. The summed E-state index contributed by atoms with van der Waals surface area (Å²) in [4.78, 5) is 36.3. The molecule has 7 nitrogen and oxygen atoms in total. The second-order valence-corrected chi connectivity index (χ2v) is 8.36. The molecule has 0 unspecified atom stereocenters. The molecule has 1 aromatic heterocycles. The predicted molar refractivity (Wildman–Crippen MR) is 108 cm³/mol. The molecule has 2 aliphatic rings. The first-order valence-electron chi connectivity index (χ1n) is 10.1. The highest BCUT2D eigenvalue weighted by molar-refractivity contribution is 6.07. The summed E-state index contributed by atoms with van der Waals surface area (Å²) in [6, 6.07) is 4.01. The van der Waals surface area contributed by atoms with Crippen LogP contribution in [0.2, 0.25) is 0 Å². The van der Waals surface area contributed by atoms with Crippen molar-refractivity contribution in [3.63, 3.8) is 0 Å². The van der Waals surface area contributed by atoms with E-state index >= 15 is 0 Å². The van der Waals surface area contributed by atoms with Crippen molar-refractivity contribution < 1.29 is 14.3 Å². The van der Waals surface area contributed by atoms with Gasteiger partial charge in [-0.15, -0.1) is 0 Å². The van der Waals surface area contributed by atoms with Gasteiger partial charge >= 0.3 is 6.03 Å². The SMILES string of the molecule is COCCN1C(=O)N(CC(C)C)C2(CCN(c3cc(C)nc(C)c3)CC2)C1=O. The van der Waals surface area contributed by atoms with Gasteiger partial charge in [-0.2, -0.15) is 0 Å². The number of anilines is 1. The zero-order valence-electron chi connectivity index (χ0n) is 17.7. The van der Waals surface area contributed by atoms with Gasteiger partial charge in [-0.1, -0.05) is 13.8 Å². The Morgan fingerprint density at radius 1 is 1.14 bits per heavy atom. The number of imide groups is 1. The Morgan fingerprint density at radius 2 is 1.75 bits per heavy atom. The minimum absolute atomic E-state index is 0.0584. The van der Waals surface area contributed by atoms with Crippen molar-refractivity contribution >= 4 is 17.6 Å². The van der Waals surface area contributed by atoms with Crippen LogP contribution in [0.15, 0.2) is 12.1 Å². The van der Waals surface area contributed by atoms with Crippen molar-refractivity contribution in [2.24, 2.45) is 5.92 Å². The van der Waals surface area contributed by atoms with Crippen molar-refractivity contribution in [1.82, 2.24) is 14.8 Å². The average Bonchev–Trinajstić information content (AvgIpc) is 2.81. The number of carbonyl (C=O) groups is 2. The molecule has 3 heterocycles. The van der Waals surface area contributed by atoms with E-state index in [1.807, 2.05) is 18.7 Å². The van der Waals surface area contributed by atoms with E-state index in [-0.39, 0.29) is 11.9 Å². The van der Waals surface area contributed by atoms with Crippen molar-refractivity contribution in [2.45, 2.75) is 46.1 Å². The number of hydrogen-bond donors (Lipinski definition) is 0. The molecule has 2 saturated heterocycles. The van der Waals surface area contributed by atoms with Gasteiger partial charge in [0, 0.05) is 43.8 Å². The number of aromatic nitrogens is 1. The zero-order chi connectivity index (χ0) is 20.5. The van der Waals surface area contributed by atoms with Crippen LogP contribution >= 0.6 is 0 Å². The number of ether oxygens (including phenoxy) is 1. The molecule has 7 heteroatoms. The number of nitrogens with zero attached hydrogens (tertiary/aromatic N) is 4. The number of hydrogen-bond acceptors (Lipinski definition) is 5. The summed E-state index contributed by atoms with van der Waals surface area (Å²) in [5.41, 5.74) is 2.41. The van der Waals surface area contributed by atoms with Crippen molar-refractivity contribution in [2.75, 3.05) is 44.8 Å². The average molecular weight is 389 g/mol. The molecule has 1 aromatic rings. The summed E-state index contributed by atoms with van der Waals surface area (Å²) in [5, 5.41) is 0. The molecule has 0 N–H and O–H groups in total. The highest BCUT2D eigenvalue weighted by atomic mass is 16.5. The lowest BCUT2D eigenvalue weighted by Gasteiger charge is -2.43. The van der Waals surface area contributed by atoms with Crippen LogP contribution in [-0.4, -0.2) is 72.2 Å². The largest absolute Gasteiger partial charge is 0.383 e. The van der Waals surface area contributed by atoms with Crippen LogP contribution in [0.25, 0.3) is 0 Å². The normalized spacial score (nSPS) is 19.4. The summed E-state index contributed by atoms with van der Waals surface area (Å²) in [5.74, 6) is 0.247. The lowest BCUT2D eigenvalue weighted by molar-refractivity contribution is -0.134. The smallest absolute Gasteiger partial charge is 0.327 e. The van der Waals surface area contributed by atoms with Gasteiger partial charge in [-0.3, -0.25) is 14.7 Å². The maximum absolute atomic E-state index is 13.3. The quantitative estimate of drug-likeness (QED) is 0.701. The first kappa shape index (κ1) is 20.6. The van der Waals surface area contributed by atoms with Crippen molar-refractivity contribution in [3.05, 3.63) is 23.5 Å². The van der Waals surface area contributed by atoms with Crippen molar-refractivity contribution in [1.29, 1.82) is 0 Å². The molecular formula is C21H32N4O3. The first-order valence-corrected chi connectivity index (χ1v) is 10.1. The maximum Gasteiger partial charge on any atom is 0.327 e. The van der Waals surface area contributed by atoms with E-state index in [9.17, 15) is 9.59 Å². The highest BCUT2D eigenvalue weighted by Crippen LogP contribution is 2.39. The van der Waals surface area contributed by atoms with E-state index < -0.39 is 5.54 Å². The Morgan fingerprint density at radius 3 is 2.29 bits per heavy atom. The van der Waals surface area contributed by atoms with E-state index in [0.717, 1.165) is 30.2 Å². The van der Waals surface area contributed by atoms with Gasteiger partial charge in [0.1, 0.15) is 5.54 Å². The van der Waals surface area contributed by atoms with E-state index in [0.29, 0.717) is 38.5 Å². The number of rotatable bonds is 6. The minimum Gasteiger partial charge on any atom is -0.383 e. The van der Waals surface area contributed by atoms with E-state index in [1.165, 1.54) is 4.90 Å². The molecule has 2 aliphatic heterocycles. The third-order valence-electron chi connectivity index (χ3n) is 5.71. The molecule has 3 rings (SSSR count). The Labute approximate surface area is 167 Å². The molecule has 0 aliphatic carbocycles. The Hall–Kier alpha value is -2.15. The second-order valence-electron chi connectivity index (χ2n) is 8.36. The fraction of sp³-hybridized carbons (Fsp3) is 0.667. The lowest BCUT2D eigenvalue weighted by atomic mass is 9.85. The Bertz CT molecular complexity index is 721. The molecule has 3 amide bonds. The van der Waals surface area contributed by atoms with Crippen LogP contribution in [0.4, 0.5) is 10.5 Å². The van der Waals surface area contributed by atoms with Crippen LogP contribution in [0.1, 0.15) is 38.1 Å². The molecule has 0 saturated carbocycles. The highest BCUT2D eigenvalue weighted by Gasteiger charge is 2.57. The number of urea groups is 1. The first-order chi connectivity index (χ1) is 13.3. The number of aryl methyl sites for hydroxylation is 2. The van der Waals surface area contributed by atoms with Crippen molar-refractivity contribution in [3.8, 4) is 0 Å². The zero-order valence-corrected chi connectivity index (χ0v) is 17.7. The van der Waals surface area contributed by atoms with E-state index in [1.54, 1.807) is 7.11 Å². The van der Waals surface area contributed by atoms with Crippen LogP contribution < -0.4 is 4.90 Å². The number of piperidine rings is 1. The molecule has 28 heavy (non-hydrogen) atoms. The van der Waals surface area contributed by atoms with Crippen LogP contribution in [0, 0.1) is 19.8 Å². The van der Waals surface area contributed by atoms with Gasteiger partial charge in [-0.05, 0) is 44.7 Å². The van der Waals surface area contributed by atoms with Gasteiger partial charge in [-0.25, -0.2) is 4.79 Å². The van der Waals surface area contributed by atoms with Gasteiger partial charge in [0.25, 0.3) is 5.91 Å². The summed E-state index contributed by atoms with van der Waals surface area (Å²) >= 11 is 0. The number of pyridine rings is 1. The molecule has 0 radical (unpaired) electrons. The van der Waals surface area contributed by atoms with Crippen LogP contribution in [0.3, 0.4) is 0 Å². The number of methoxy groups -OCH3 is 1. The summed E-state index contributed by atoms with van der Waals surface area (Å²) in [7, 11) is 1.59. The maximum atomic E-state index is 13.3. The Balaban J connectivity index is 1.83. The molecular weight excluding hydrogens is 356 g/mol. The Kier molecular flexibility index (Phi) is 5.93. The molecule has 2 fully saturated rings. The van der Waals surface area contributed by atoms with Gasteiger partial charge in [0.05, 0.1) is 13.2 Å². The van der Waals surface area contributed by atoms with Crippen LogP contribution in [-0.2, 0) is 9.53 Å². The molecule has 154 valence electrons. The summed E-state index contributed by atoms with van der Waals surface area (Å²) < 4.78 is 5.11. The fourth-order valence-corrected chi connectivity index (χ4v) is 4.39. The number of carbonyl (C=O) groups excluding carboxylic acids is 2. The van der Waals surface area contributed by atoms with E-state index in [4.69, 9.17) is 4.74 Å². The van der Waals surface area contributed by atoms with Gasteiger partial charge in [0.2, 0.25) is 0 Å². The predicted octanol–water partition coefficient (Wildman–Crippen LogP) is 2.60. The van der Waals surface area contributed by atoms with Crippen LogP contribution in [0.5, 0.6) is 0 Å². The van der Waals surface area contributed by atoms with Gasteiger partial charge in [0.15, 0.2) is 0 Å². The van der Waals surface area contributed by atoms with E-state index in [2.05, 4.69) is 35.9 Å². The molecule has 0 aromatic carbocycles. The number of amides is 3. The fourth-order valence-electron chi connectivity index (χ4n) is 4.39. The topological polar surface area (TPSA) is 66.0 Å². The summed E-state index contributed by atoms with van der Waals surface area (Å²) in [6.07, 6.45) is 1.29. The molecule has 0 atom stereocenters. The molecule has 1 spiro atoms. The van der Waals surface area contributed by atoms with Gasteiger partial charge < -0.3 is 14.5 Å². The summed E-state index contributed by atoms with van der Waals surface area (Å²) in [6.45, 7) is 10.9. The third kappa shape index (κ3) is 3.72. The minimum atomic E-state index is -0.720. The second kappa shape index (κ2) is 8.07. The molecule has 0 bridgehead atoms. The lowest BCUT2D eigenvalue weighted by Crippen LogP contribution is -2.57. The third-order valence-corrected chi connectivity index (χ3v) is 5.71. The monoisotopic (exact) mass is 388 g/mol.